The van der Waals surface area contributed by atoms with Gasteiger partial charge in [0.2, 0.25) is 0 Å². The van der Waals surface area contributed by atoms with E-state index in [0.29, 0.717) is 16.5 Å². The third-order valence-corrected chi connectivity index (χ3v) is 3.32. The fourth-order valence-corrected chi connectivity index (χ4v) is 2.27. The number of anilines is 1. The first kappa shape index (κ1) is 16.4. The molecule has 7 heteroatoms. The van der Waals surface area contributed by atoms with Gasteiger partial charge in [0, 0.05) is 7.05 Å². The molecule has 1 aromatic carbocycles. The molecule has 0 saturated heterocycles. The molecule has 1 N–H and O–H groups in total. The lowest BCUT2D eigenvalue weighted by molar-refractivity contribution is -0.120. The monoisotopic (exact) mass is 326 g/mol. The Balaban J connectivity index is 2.16. The Morgan fingerprint density at radius 1 is 1.45 bits per heavy atom. The summed E-state index contributed by atoms with van der Waals surface area (Å²) in [4.78, 5) is 25.7. The van der Waals surface area contributed by atoms with E-state index in [1.807, 2.05) is 0 Å². The summed E-state index contributed by atoms with van der Waals surface area (Å²) in [7, 11) is 1.61. The molecule has 1 aromatic rings. The summed E-state index contributed by atoms with van der Waals surface area (Å²) < 4.78 is 10.8. The number of hydrogen-bond donors (Lipinski definition) is 1. The van der Waals surface area contributed by atoms with Gasteiger partial charge in [0.05, 0.1) is 10.7 Å². The van der Waals surface area contributed by atoms with Crippen molar-refractivity contribution in [2.75, 3.05) is 18.6 Å². The van der Waals surface area contributed by atoms with Crippen LogP contribution in [-0.4, -0.2) is 37.3 Å². The van der Waals surface area contributed by atoms with Gasteiger partial charge in [-0.25, -0.2) is 4.79 Å². The number of carbonyl (C=O) groups is 2. The average molecular weight is 327 g/mol. The number of likely N-dealkylation sites (N-methyl/N-ethyl adjacent to an activating group) is 1. The number of nitrogens with one attached hydrogen (secondary N) is 1. The van der Waals surface area contributed by atoms with E-state index in [0.717, 1.165) is 0 Å². The Bertz CT molecular complexity index is 598. The zero-order valence-corrected chi connectivity index (χ0v) is 13.7. The number of halogens is 1. The van der Waals surface area contributed by atoms with Crippen molar-refractivity contribution in [2.24, 2.45) is 0 Å². The molecule has 0 bridgehead atoms. The fourth-order valence-electron chi connectivity index (χ4n) is 2.05. The number of benzene rings is 1. The van der Waals surface area contributed by atoms with Crippen molar-refractivity contribution >= 4 is 29.3 Å². The number of alkyl carbamates (subject to hydrolysis) is 1. The molecule has 120 valence electrons. The van der Waals surface area contributed by atoms with Crippen LogP contribution in [0.25, 0.3) is 0 Å². The van der Waals surface area contributed by atoms with Crippen LogP contribution in [-0.2, 0) is 9.53 Å². The number of carbonyl (C=O) groups excluding carboxylic acids is 2. The Hall–Kier alpha value is -1.95. The van der Waals surface area contributed by atoms with E-state index in [2.05, 4.69) is 5.32 Å². The molecule has 0 aliphatic carbocycles. The maximum Gasteiger partial charge on any atom is 0.408 e. The molecule has 6 nitrogen and oxygen atoms in total. The second-order valence-electron chi connectivity index (χ2n) is 6.00. The summed E-state index contributed by atoms with van der Waals surface area (Å²) in [5.41, 5.74) is -0.0809. The van der Waals surface area contributed by atoms with Crippen LogP contribution in [0.4, 0.5) is 10.5 Å². The van der Waals surface area contributed by atoms with Gasteiger partial charge in [0.1, 0.15) is 18.2 Å². The van der Waals surface area contributed by atoms with Crippen LogP contribution in [0.2, 0.25) is 5.02 Å². The molecule has 22 heavy (non-hydrogen) atoms. The van der Waals surface area contributed by atoms with Gasteiger partial charge in [-0.15, -0.1) is 0 Å². The third kappa shape index (κ3) is 3.62. The molecular weight excluding hydrogens is 308 g/mol. The van der Waals surface area contributed by atoms with Crippen LogP contribution in [0.15, 0.2) is 18.2 Å². The highest BCUT2D eigenvalue weighted by molar-refractivity contribution is 6.32. The molecule has 1 atom stereocenters. The van der Waals surface area contributed by atoms with Crippen molar-refractivity contribution in [3.63, 3.8) is 0 Å². The number of hydrogen-bond acceptors (Lipinski definition) is 4. The highest BCUT2D eigenvalue weighted by atomic mass is 35.5. The van der Waals surface area contributed by atoms with Gasteiger partial charge in [-0.05, 0) is 32.9 Å². The lowest BCUT2D eigenvalue weighted by Crippen LogP contribution is -2.50. The normalized spacial score (nSPS) is 18.1. The number of ether oxygens (including phenoxy) is 2. The molecule has 2 amide bonds. The standard InChI is InChI=1S/C15H19ClN2O4/c1-15(2,3)22-14(20)17-10-8-21-12-9(16)6-5-7-11(12)18(4)13(10)19/h5-7,10H,8H2,1-4H3,(H,17,20). The van der Waals surface area contributed by atoms with E-state index >= 15 is 0 Å². The quantitative estimate of drug-likeness (QED) is 0.861. The largest absolute Gasteiger partial charge is 0.487 e. The third-order valence-electron chi connectivity index (χ3n) is 3.02. The predicted octanol–water partition coefficient (Wildman–Crippen LogP) is 2.59. The maximum atomic E-state index is 12.5. The second-order valence-corrected chi connectivity index (χ2v) is 6.40. The fraction of sp³-hybridized carbons (Fsp3) is 0.467. The van der Waals surface area contributed by atoms with Crippen molar-refractivity contribution in [1.29, 1.82) is 0 Å². The van der Waals surface area contributed by atoms with Crippen LogP contribution in [0, 0.1) is 0 Å². The van der Waals surface area contributed by atoms with E-state index in [4.69, 9.17) is 21.1 Å². The number of para-hydroxylation sites is 1. The first-order chi connectivity index (χ1) is 10.2. The van der Waals surface area contributed by atoms with Gasteiger partial charge in [-0.3, -0.25) is 4.79 Å². The first-order valence-electron chi connectivity index (χ1n) is 6.87. The molecular formula is C15H19ClN2O4. The van der Waals surface area contributed by atoms with Crippen molar-refractivity contribution in [2.45, 2.75) is 32.4 Å². The van der Waals surface area contributed by atoms with Gasteiger partial charge in [-0.1, -0.05) is 17.7 Å². The molecule has 0 spiro atoms. The van der Waals surface area contributed by atoms with Gasteiger partial charge in [0.15, 0.2) is 5.75 Å². The lowest BCUT2D eigenvalue weighted by Gasteiger charge is -2.23. The van der Waals surface area contributed by atoms with Crippen LogP contribution in [0.1, 0.15) is 20.8 Å². The highest BCUT2D eigenvalue weighted by Crippen LogP contribution is 2.36. The van der Waals surface area contributed by atoms with Crippen LogP contribution in [0.3, 0.4) is 0 Å². The van der Waals surface area contributed by atoms with Crippen LogP contribution < -0.4 is 15.0 Å². The minimum Gasteiger partial charge on any atom is -0.487 e. The maximum absolute atomic E-state index is 12.5. The highest BCUT2D eigenvalue weighted by Gasteiger charge is 2.32. The summed E-state index contributed by atoms with van der Waals surface area (Å²) in [5, 5.41) is 2.94. The number of rotatable bonds is 1. The van der Waals surface area contributed by atoms with Crippen molar-refractivity contribution in [3.8, 4) is 5.75 Å². The minimum atomic E-state index is -0.844. The Morgan fingerprint density at radius 2 is 2.14 bits per heavy atom. The Morgan fingerprint density at radius 3 is 2.77 bits per heavy atom. The average Bonchev–Trinajstić information content (AvgIpc) is 2.50. The van der Waals surface area contributed by atoms with Gasteiger partial charge in [-0.2, -0.15) is 0 Å². The topological polar surface area (TPSA) is 67.9 Å². The van der Waals surface area contributed by atoms with Gasteiger partial charge >= 0.3 is 6.09 Å². The second kappa shape index (κ2) is 6.04. The van der Waals surface area contributed by atoms with E-state index in [9.17, 15) is 9.59 Å². The van der Waals surface area contributed by atoms with E-state index in [1.165, 1.54) is 4.90 Å². The van der Waals surface area contributed by atoms with Crippen molar-refractivity contribution in [3.05, 3.63) is 23.2 Å². The van der Waals surface area contributed by atoms with Crippen LogP contribution in [0.5, 0.6) is 5.75 Å². The predicted molar refractivity (Wildman–Crippen MR) is 83.5 cm³/mol. The van der Waals surface area contributed by atoms with E-state index in [1.54, 1.807) is 46.0 Å². The molecule has 2 rings (SSSR count). The number of nitrogens with zero attached hydrogens (tertiary/aromatic N) is 1. The number of fused-ring (bicyclic) bond motifs is 1. The zero-order chi connectivity index (χ0) is 16.5. The van der Waals surface area contributed by atoms with Crippen molar-refractivity contribution in [1.82, 2.24) is 5.32 Å². The summed E-state index contributed by atoms with van der Waals surface area (Å²) in [5.74, 6) is 0.125. The Kier molecular flexibility index (Phi) is 4.51. The lowest BCUT2D eigenvalue weighted by atomic mass is 10.2. The van der Waals surface area contributed by atoms with Gasteiger partial charge < -0.3 is 19.7 Å². The molecule has 0 saturated carbocycles. The molecule has 1 aliphatic heterocycles. The molecule has 0 fully saturated rings. The first-order valence-corrected chi connectivity index (χ1v) is 7.25. The smallest absolute Gasteiger partial charge is 0.408 e. The van der Waals surface area contributed by atoms with Crippen molar-refractivity contribution < 1.29 is 19.1 Å². The minimum absolute atomic E-state index is 0.0147. The molecule has 0 radical (unpaired) electrons. The summed E-state index contributed by atoms with van der Waals surface area (Å²) in [6, 6.07) is 4.30. The Labute approximate surface area is 134 Å². The SMILES string of the molecule is CN1C(=O)C(NC(=O)OC(C)(C)C)COc2c(Cl)cccc21. The summed E-state index contributed by atoms with van der Waals surface area (Å²) >= 11 is 6.09. The zero-order valence-electron chi connectivity index (χ0n) is 13.0. The van der Waals surface area contributed by atoms with Crippen LogP contribution >= 0.6 is 11.6 Å². The van der Waals surface area contributed by atoms with Gasteiger partial charge in [0.25, 0.3) is 5.91 Å². The molecule has 1 heterocycles. The molecule has 1 aliphatic rings. The summed E-state index contributed by atoms with van der Waals surface area (Å²) in [6.07, 6.45) is -0.667. The van der Waals surface area contributed by atoms with E-state index < -0.39 is 17.7 Å². The van der Waals surface area contributed by atoms with E-state index in [-0.39, 0.29) is 12.5 Å². The number of amides is 2. The molecule has 0 aromatic heterocycles. The summed E-state index contributed by atoms with van der Waals surface area (Å²) in [6.45, 7) is 5.23. The molecule has 1 unspecified atom stereocenters.